The van der Waals surface area contributed by atoms with Gasteiger partial charge in [0.1, 0.15) is 11.6 Å². The van der Waals surface area contributed by atoms with Crippen molar-refractivity contribution in [2.75, 3.05) is 43.1 Å². The van der Waals surface area contributed by atoms with Crippen LogP contribution in [0.3, 0.4) is 0 Å². The fourth-order valence-electron chi connectivity index (χ4n) is 2.66. The summed E-state index contributed by atoms with van der Waals surface area (Å²) in [6, 6.07) is 9.57. The van der Waals surface area contributed by atoms with Gasteiger partial charge < -0.3 is 19.7 Å². The van der Waals surface area contributed by atoms with Crippen LogP contribution in [0.1, 0.15) is 11.1 Å². The fraction of sp³-hybridized carbons (Fsp3) is 0.368. The highest BCUT2D eigenvalue weighted by molar-refractivity contribution is 5.91. The molecule has 1 aromatic carbocycles. The molecule has 1 aliphatic rings. The van der Waals surface area contributed by atoms with Gasteiger partial charge in [-0.05, 0) is 43.2 Å². The first-order valence-corrected chi connectivity index (χ1v) is 8.41. The van der Waals surface area contributed by atoms with Crippen molar-refractivity contribution in [3.63, 3.8) is 0 Å². The number of ether oxygens (including phenoxy) is 2. The number of rotatable bonds is 5. The molecule has 0 saturated carbocycles. The highest BCUT2D eigenvalue weighted by Gasteiger charge is 2.12. The van der Waals surface area contributed by atoms with E-state index in [1.54, 1.807) is 6.20 Å². The monoisotopic (exact) mass is 341 g/mol. The van der Waals surface area contributed by atoms with Crippen molar-refractivity contribution in [1.29, 1.82) is 0 Å². The second kappa shape index (κ2) is 7.98. The summed E-state index contributed by atoms with van der Waals surface area (Å²) in [7, 11) is 0. The topological polar surface area (TPSA) is 63.7 Å². The Hall–Kier alpha value is -2.60. The molecule has 1 aromatic heterocycles. The number of hydrogen-bond donors (Lipinski definition) is 1. The van der Waals surface area contributed by atoms with Crippen LogP contribution in [0.2, 0.25) is 0 Å². The number of benzene rings is 1. The third-order valence-electron chi connectivity index (χ3n) is 4.28. The Balaban J connectivity index is 1.53. The molecule has 132 valence electrons. The molecule has 25 heavy (non-hydrogen) atoms. The van der Waals surface area contributed by atoms with Crippen LogP contribution >= 0.6 is 0 Å². The third kappa shape index (κ3) is 4.48. The zero-order chi connectivity index (χ0) is 17.6. The van der Waals surface area contributed by atoms with E-state index in [-0.39, 0.29) is 12.5 Å². The van der Waals surface area contributed by atoms with Gasteiger partial charge in [0.15, 0.2) is 6.61 Å². The number of nitrogens with zero attached hydrogens (tertiary/aromatic N) is 2. The number of anilines is 2. The molecule has 6 heteroatoms. The van der Waals surface area contributed by atoms with E-state index in [1.807, 2.05) is 44.2 Å². The Bertz CT molecular complexity index is 725. The van der Waals surface area contributed by atoms with E-state index in [1.165, 1.54) is 0 Å². The molecule has 0 bridgehead atoms. The van der Waals surface area contributed by atoms with Gasteiger partial charge in [0.2, 0.25) is 0 Å². The van der Waals surface area contributed by atoms with E-state index in [4.69, 9.17) is 9.47 Å². The zero-order valence-electron chi connectivity index (χ0n) is 14.6. The van der Waals surface area contributed by atoms with Crippen LogP contribution in [-0.2, 0) is 9.53 Å². The number of nitrogens with one attached hydrogen (secondary N) is 1. The van der Waals surface area contributed by atoms with Crippen LogP contribution in [0.5, 0.6) is 5.75 Å². The Morgan fingerprint density at radius 2 is 2.04 bits per heavy atom. The first kappa shape index (κ1) is 17.2. The number of morpholine rings is 1. The van der Waals surface area contributed by atoms with Crippen molar-refractivity contribution in [3.8, 4) is 5.75 Å². The maximum absolute atomic E-state index is 12.1. The normalized spacial score (nSPS) is 14.2. The Morgan fingerprint density at radius 1 is 1.24 bits per heavy atom. The lowest BCUT2D eigenvalue weighted by Crippen LogP contribution is -2.36. The lowest BCUT2D eigenvalue weighted by molar-refractivity contribution is -0.118. The molecule has 0 atom stereocenters. The number of pyridine rings is 1. The van der Waals surface area contributed by atoms with Gasteiger partial charge >= 0.3 is 0 Å². The van der Waals surface area contributed by atoms with Crippen molar-refractivity contribution in [2.45, 2.75) is 13.8 Å². The van der Waals surface area contributed by atoms with Crippen LogP contribution in [-0.4, -0.2) is 43.8 Å². The number of aromatic nitrogens is 1. The van der Waals surface area contributed by atoms with E-state index in [0.717, 1.165) is 49.0 Å². The summed E-state index contributed by atoms with van der Waals surface area (Å²) in [6.45, 7) is 7.08. The largest absolute Gasteiger partial charge is 0.483 e. The summed E-state index contributed by atoms with van der Waals surface area (Å²) in [5.41, 5.74) is 2.85. The zero-order valence-corrected chi connectivity index (χ0v) is 14.6. The third-order valence-corrected chi connectivity index (χ3v) is 4.28. The summed E-state index contributed by atoms with van der Waals surface area (Å²) < 4.78 is 11.0. The fourth-order valence-corrected chi connectivity index (χ4v) is 2.66. The van der Waals surface area contributed by atoms with E-state index in [0.29, 0.717) is 5.69 Å². The van der Waals surface area contributed by atoms with Gasteiger partial charge in [-0.25, -0.2) is 4.98 Å². The molecule has 0 aliphatic carbocycles. The summed E-state index contributed by atoms with van der Waals surface area (Å²) in [5.74, 6) is 1.42. The average molecular weight is 341 g/mol. The molecule has 2 heterocycles. The van der Waals surface area contributed by atoms with Crippen molar-refractivity contribution >= 4 is 17.4 Å². The molecule has 0 unspecified atom stereocenters. The first-order valence-electron chi connectivity index (χ1n) is 8.41. The van der Waals surface area contributed by atoms with Crippen LogP contribution in [0.25, 0.3) is 0 Å². The molecule has 1 N–H and O–H groups in total. The highest BCUT2D eigenvalue weighted by atomic mass is 16.5. The number of carbonyl (C=O) groups is 1. The molecule has 1 fully saturated rings. The van der Waals surface area contributed by atoms with Gasteiger partial charge in [-0.3, -0.25) is 4.79 Å². The minimum absolute atomic E-state index is 0.0322. The second-order valence-corrected chi connectivity index (χ2v) is 6.04. The van der Waals surface area contributed by atoms with E-state index >= 15 is 0 Å². The molecule has 3 rings (SSSR count). The molecule has 0 spiro atoms. The highest BCUT2D eigenvalue weighted by Crippen LogP contribution is 2.20. The average Bonchev–Trinajstić information content (AvgIpc) is 2.64. The minimum Gasteiger partial charge on any atom is -0.483 e. The van der Waals surface area contributed by atoms with Crippen LogP contribution in [0.15, 0.2) is 36.5 Å². The summed E-state index contributed by atoms with van der Waals surface area (Å²) in [4.78, 5) is 18.7. The first-order chi connectivity index (χ1) is 12.1. The molecule has 6 nitrogen and oxygen atoms in total. The number of amides is 1. The van der Waals surface area contributed by atoms with Crippen molar-refractivity contribution in [1.82, 2.24) is 4.98 Å². The van der Waals surface area contributed by atoms with Gasteiger partial charge in [0, 0.05) is 13.1 Å². The van der Waals surface area contributed by atoms with Gasteiger partial charge in [-0.15, -0.1) is 0 Å². The smallest absolute Gasteiger partial charge is 0.262 e. The SMILES string of the molecule is Cc1cccc(OCC(=O)Nc2ccc(N3CCOCC3)nc2)c1C. The summed E-state index contributed by atoms with van der Waals surface area (Å²) in [6.07, 6.45) is 1.67. The lowest BCUT2D eigenvalue weighted by Gasteiger charge is -2.27. The predicted octanol–water partition coefficient (Wildman–Crippen LogP) is 2.55. The predicted molar refractivity (Wildman–Crippen MR) is 97.3 cm³/mol. The molecule has 1 aliphatic heterocycles. The molecule has 2 aromatic rings. The van der Waals surface area contributed by atoms with E-state index in [9.17, 15) is 4.79 Å². The van der Waals surface area contributed by atoms with E-state index < -0.39 is 0 Å². The molecular formula is C19H23N3O3. The Kier molecular flexibility index (Phi) is 5.50. The van der Waals surface area contributed by atoms with Gasteiger partial charge in [0.05, 0.1) is 25.1 Å². The van der Waals surface area contributed by atoms with Crippen molar-refractivity contribution < 1.29 is 14.3 Å². The van der Waals surface area contributed by atoms with E-state index in [2.05, 4.69) is 15.2 Å². The second-order valence-electron chi connectivity index (χ2n) is 6.04. The van der Waals surface area contributed by atoms with Gasteiger partial charge in [-0.2, -0.15) is 0 Å². The number of carbonyl (C=O) groups excluding carboxylic acids is 1. The summed E-state index contributed by atoms with van der Waals surface area (Å²) >= 11 is 0. The Morgan fingerprint density at radius 3 is 2.76 bits per heavy atom. The maximum atomic E-state index is 12.1. The van der Waals surface area contributed by atoms with Crippen molar-refractivity contribution in [3.05, 3.63) is 47.7 Å². The molecule has 0 radical (unpaired) electrons. The van der Waals surface area contributed by atoms with Gasteiger partial charge in [-0.1, -0.05) is 12.1 Å². The molecule has 1 amide bonds. The minimum atomic E-state index is -0.207. The lowest BCUT2D eigenvalue weighted by atomic mass is 10.1. The standard InChI is InChI=1S/C19H23N3O3/c1-14-4-3-5-17(15(14)2)25-13-19(23)21-16-6-7-18(20-12-16)22-8-10-24-11-9-22/h3-7,12H,8-11,13H2,1-2H3,(H,21,23). The molecular weight excluding hydrogens is 318 g/mol. The number of hydrogen-bond acceptors (Lipinski definition) is 5. The maximum Gasteiger partial charge on any atom is 0.262 e. The number of aryl methyl sites for hydroxylation is 1. The molecule has 1 saturated heterocycles. The van der Waals surface area contributed by atoms with Crippen LogP contribution in [0.4, 0.5) is 11.5 Å². The van der Waals surface area contributed by atoms with Gasteiger partial charge in [0.25, 0.3) is 5.91 Å². The van der Waals surface area contributed by atoms with Crippen LogP contribution < -0.4 is 15.0 Å². The van der Waals surface area contributed by atoms with Crippen LogP contribution in [0, 0.1) is 13.8 Å². The quantitative estimate of drug-likeness (QED) is 0.905. The Labute approximate surface area is 147 Å². The summed E-state index contributed by atoms with van der Waals surface area (Å²) in [5, 5.41) is 2.81. The van der Waals surface area contributed by atoms with Crippen molar-refractivity contribution in [2.24, 2.45) is 0 Å².